The van der Waals surface area contributed by atoms with Gasteiger partial charge in [0.2, 0.25) is 0 Å². The first-order valence-corrected chi connectivity index (χ1v) is 8.17. The summed E-state index contributed by atoms with van der Waals surface area (Å²) < 4.78 is 29.4. The van der Waals surface area contributed by atoms with E-state index in [1.54, 1.807) is 13.0 Å². The van der Waals surface area contributed by atoms with E-state index in [1.165, 1.54) is 23.0 Å². The van der Waals surface area contributed by atoms with Gasteiger partial charge in [-0.05, 0) is 18.4 Å². The Morgan fingerprint density at radius 2 is 2.22 bits per heavy atom. The first-order valence-electron chi connectivity index (χ1n) is 4.98. The smallest absolute Gasteiger partial charge is 0.296 e. The molecule has 0 saturated heterocycles. The van der Waals surface area contributed by atoms with Gasteiger partial charge in [0, 0.05) is 17.2 Å². The van der Waals surface area contributed by atoms with Crippen molar-refractivity contribution in [2.75, 3.05) is 7.11 Å². The number of ether oxygens (including phenoxy) is 1. The van der Waals surface area contributed by atoms with E-state index < -0.39 is 9.05 Å². The van der Waals surface area contributed by atoms with Gasteiger partial charge < -0.3 is 4.74 Å². The second kappa shape index (κ2) is 4.87. The van der Waals surface area contributed by atoms with E-state index in [2.05, 4.69) is 10.2 Å². The Morgan fingerprint density at radius 1 is 1.50 bits per heavy atom. The number of hydrogen-bond acceptors (Lipinski definition) is 6. The fourth-order valence-electron chi connectivity index (χ4n) is 1.54. The zero-order valence-electron chi connectivity index (χ0n) is 9.62. The first-order chi connectivity index (χ1) is 8.49. The lowest BCUT2D eigenvalue weighted by atomic mass is 10.4. The van der Waals surface area contributed by atoms with Crippen LogP contribution < -0.4 is 4.74 Å². The standard InChI is InChI=1S/C9H10ClN3O3S2/c1-3-13-8(7-6(16-2)4-5-17-7)11-12-9(13)18(10,14)15/h4-5H,3H2,1-2H3. The van der Waals surface area contributed by atoms with Crippen LogP contribution in [-0.4, -0.2) is 30.3 Å². The SMILES string of the molecule is CCn1c(-c2sccc2OC)nnc1S(=O)(=O)Cl. The van der Waals surface area contributed by atoms with Crippen molar-refractivity contribution < 1.29 is 13.2 Å². The highest BCUT2D eigenvalue weighted by atomic mass is 35.7. The summed E-state index contributed by atoms with van der Waals surface area (Å²) in [4.78, 5) is 0.721. The summed E-state index contributed by atoms with van der Waals surface area (Å²) in [6.07, 6.45) is 0. The zero-order chi connectivity index (χ0) is 13.3. The lowest BCUT2D eigenvalue weighted by Crippen LogP contribution is -2.06. The first kappa shape index (κ1) is 13.3. The fraction of sp³-hybridized carbons (Fsp3) is 0.333. The highest BCUT2D eigenvalue weighted by Gasteiger charge is 2.24. The highest BCUT2D eigenvalue weighted by Crippen LogP contribution is 2.35. The molecule has 0 amide bonds. The van der Waals surface area contributed by atoms with Crippen molar-refractivity contribution in [2.45, 2.75) is 18.6 Å². The molecule has 2 aromatic heterocycles. The van der Waals surface area contributed by atoms with Crippen LogP contribution >= 0.6 is 22.0 Å². The van der Waals surface area contributed by atoms with Gasteiger partial charge in [0.25, 0.3) is 14.2 Å². The van der Waals surface area contributed by atoms with Gasteiger partial charge in [-0.1, -0.05) is 0 Å². The van der Waals surface area contributed by atoms with Gasteiger partial charge in [0.1, 0.15) is 10.6 Å². The van der Waals surface area contributed by atoms with Crippen LogP contribution in [0.25, 0.3) is 10.7 Å². The Hall–Kier alpha value is -1.12. The summed E-state index contributed by atoms with van der Waals surface area (Å²) in [6.45, 7) is 2.18. The van der Waals surface area contributed by atoms with Crippen molar-refractivity contribution in [1.82, 2.24) is 14.8 Å². The van der Waals surface area contributed by atoms with Crippen molar-refractivity contribution in [2.24, 2.45) is 0 Å². The summed E-state index contributed by atoms with van der Waals surface area (Å²) in [5, 5.41) is 9.10. The molecule has 0 aliphatic rings. The van der Waals surface area contributed by atoms with Crippen molar-refractivity contribution in [1.29, 1.82) is 0 Å². The third-order valence-electron chi connectivity index (χ3n) is 2.30. The van der Waals surface area contributed by atoms with Crippen LogP contribution in [0.2, 0.25) is 0 Å². The van der Waals surface area contributed by atoms with E-state index in [9.17, 15) is 8.42 Å². The predicted molar refractivity (Wildman–Crippen MR) is 68.6 cm³/mol. The Balaban J connectivity index is 2.64. The lowest BCUT2D eigenvalue weighted by molar-refractivity contribution is 0.417. The van der Waals surface area contributed by atoms with Crippen LogP contribution in [-0.2, 0) is 15.6 Å². The van der Waals surface area contributed by atoms with Crippen molar-refractivity contribution >= 4 is 31.1 Å². The molecule has 0 bridgehead atoms. The normalized spacial score (nSPS) is 11.7. The molecule has 0 aliphatic carbocycles. The molecule has 98 valence electrons. The van der Waals surface area contributed by atoms with Crippen molar-refractivity contribution in [3.8, 4) is 16.5 Å². The number of halogens is 1. The average molecular weight is 308 g/mol. The maximum absolute atomic E-state index is 11.4. The molecule has 18 heavy (non-hydrogen) atoms. The van der Waals surface area contributed by atoms with Crippen molar-refractivity contribution in [3.63, 3.8) is 0 Å². The maximum Gasteiger partial charge on any atom is 0.296 e. The highest BCUT2D eigenvalue weighted by molar-refractivity contribution is 8.13. The van der Waals surface area contributed by atoms with Gasteiger partial charge in [-0.25, -0.2) is 8.42 Å². The zero-order valence-corrected chi connectivity index (χ0v) is 12.0. The third-order valence-corrected chi connectivity index (χ3v) is 4.35. The molecule has 0 unspecified atom stereocenters. The molecule has 0 aromatic carbocycles. The van der Waals surface area contributed by atoms with Crippen LogP contribution in [0.1, 0.15) is 6.92 Å². The molecular weight excluding hydrogens is 298 g/mol. The molecule has 9 heteroatoms. The fourth-order valence-corrected chi connectivity index (χ4v) is 3.35. The van der Waals surface area contributed by atoms with Gasteiger partial charge in [0.05, 0.1) is 7.11 Å². The molecule has 2 aromatic rings. The van der Waals surface area contributed by atoms with E-state index in [0.29, 0.717) is 18.1 Å². The summed E-state index contributed by atoms with van der Waals surface area (Å²) in [5.41, 5.74) is 0. The second-order valence-electron chi connectivity index (χ2n) is 3.31. The Labute approximate surface area is 113 Å². The van der Waals surface area contributed by atoms with Crippen LogP contribution in [0.3, 0.4) is 0 Å². The molecular formula is C9H10ClN3O3S2. The summed E-state index contributed by atoms with van der Waals surface area (Å²) in [5.74, 6) is 1.06. The molecule has 0 fully saturated rings. The monoisotopic (exact) mass is 307 g/mol. The van der Waals surface area contributed by atoms with Crippen LogP contribution in [0, 0.1) is 0 Å². The van der Waals surface area contributed by atoms with Gasteiger partial charge in [-0.3, -0.25) is 4.57 Å². The average Bonchev–Trinajstić information content (AvgIpc) is 2.93. The molecule has 0 aliphatic heterocycles. The number of nitrogens with zero attached hydrogens (tertiary/aromatic N) is 3. The Morgan fingerprint density at radius 3 is 2.78 bits per heavy atom. The minimum atomic E-state index is -3.91. The molecule has 0 saturated carbocycles. The van der Waals surface area contributed by atoms with E-state index in [0.717, 1.165) is 4.88 Å². The maximum atomic E-state index is 11.4. The molecule has 0 N–H and O–H groups in total. The molecule has 6 nitrogen and oxygen atoms in total. The van der Waals surface area contributed by atoms with Gasteiger partial charge in [-0.2, -0.15) is 0 Å². The van der Waals surface area contributed by atoms with Crippen LogP contribution in [0.4, 0.5) is 0 Å². The van der Waals surface area contributed by atoms with Crippen molar-refractivity contribution in [3.05, 3.63) is 11.4 Å². The van der Waals surface area contributed by atoms with Crippen LogP contribution in [0.5, 0.6) is 5.75 Å². The molecule has 2 heterocycles. The molecule has 2 rings (SSSR count). The molecule has 0 spiro atoms. The third kappa shape index (κ3) is 2.23. The Bertz CT molecular complexity index is 662. The van der Waals surface area contributed by atoms with E-state index in [4.69, 9.17) is 15.4 Å². The summed E-state index contributed by atoms with van der Waals surface area (Å²) in [6, 6.07) is 1.78. The quantitative estimate of drug-likeness (QED) is 0.807. The van der Waals surface area contributed by atoms with E-state index in [-0.39, 0.29) is 5.16 Å². The largest absolute Gasteiger partial charge is 0.495 e. The van der Waals surface area contributed by atoms with Crippen LogP contribution in [0.15, 0.2) is 16.6 Å². The summed E-state index contributed by atoms with van der Waals surface area (Å²) in [7, 11) is 2.94. The number of thiophene rings is 1. The topological polar surface area (TPSA) is 74.1 Å². The van der Waals surface area contributed by atoms with E-state index >= 15 is 0 Å². The van der Waals surface area contributed by atoms with Gasteiger partial charge >= 0.3 is 0 Å². The van der Waals surface area contributed by atoms with E-state index in [1.807, 2.05) is 5.38 Å². The molecule has 0 radical (unpaired) electrons. The Kier molecular flexibility index (Phi) is 3.60. The minimum Gasteiger partial charge on any atom is -0.495 e. The predicted octanol–water partition coefficient (Wildman–Crippen LogP) is 1.96. The number of rotatable bonds is 4. The van der Waals surface area contributed by atoms with Gasteiger partial charge in [0.15, 0.2) is 5.82 Å². The second-order valence-corrected chi connectivity index (χ2v) is 6.68. The summed E-state index contributed by atoms with van der Waals surface area (Å²) >= 11 is 1.39. The minimum absolute atomic E-state index is 0.253. The molecule has 0 atom stereocenters. The van der Waals surface area contributed by atoms with Gasteiger partial charge in [-0.15, -0.1) is 21.5 Å². The number of hydrogen-bond donors (Lipinski definition) is 0. The lowest BCUT2D eigenvalue weighted by Gasteiger charge is -2.05. The number of methoxy groups -OCH3 is 1. The number of aromatic nitrogens is 3.